The molecule has 7 nitrogen and oxygen atoms in total. The Kier molecular flexibility index (Phi) is 4.19. The number of rotatable bonds is 9. The maximum atomic E-state index is 13.5. The molecule has 5 rings (SSSR count). The van der Waals surface area contributed by atoms with Crippen molar-refractivity contribution in [2.24, 2.45) is 28.2 Å². The Morgan fingerprint density at radius 2 is 1.38 bits per heavy atom. The molecule has 0 bridgehead atoms. The van der Waals surface area contributed by atoms with Gasteiger partial charge in [0.1, 0.15) is 5.78 Å². The lowest BCUT2D eigenvalue weighted by molar-refractivity contribution is -0.161. The highest BCUT2D eigenvalue weighted by atomic mass is 16.6. The smallest absolute Gasteiger partial charge is 0.142 e. The van der Waals surface area contributed by atoms with Crippen LogP contribution in [0.2, 0.25) is 0 Å². The Morgan fingerprint density at radius 3 is 1.85 bits per heavy atom. The van der Waals surface area contributed by atoms with E-state index >= 15 is 0 Å². The molecule has 4 heterocycles. The summed E-state index contributed by atoms with van der Waals surface area (Å²) < 4.78 is 22.4. The fraction of sp³-hybridized carbons (Fsp3) is 0.947. The molecule has 146 valence electrons. The zero-order valence-corrected chi connectivity index (χ0v) is 15.2. The van der Waals surface area contributed by atoms with Gasteiger partial charge >= 0.3 is 0 Å². The highest BCUT2D eigenvalue weighted by Gasteiger charge is 2.67. The SMILES string of the molecule is NC(N)C1(CC2CO2)C(=O)CCC(CC2CO2)C1(CC1CO1)CC1CO1. The third-order valence-corrected chi connectivity index (χ3v) is 7.35. The van der Waals surface area contributed by atoms with Crippen molar-refractivity contribution in [2.75, 3.05) is 26.4 Å². The predicted octanol–water partition coefficient (Wildman–Crippen LogP) is 0.337. The molecule has 5 fully saturated rings. The summed E-state index contributed by atoms with van der Waals surface area (Å²) in [4.78, 5) is 13.5. The molecular weight excluding hydrogens is 336 g/mol. The van der Waals surface area contributed by atoms with Gasteiger partial charge in [0.15, 0.2) is 0 Å². The van der Waals surface area contributed by atoms with Crippen LogP contribution in [-0.4, -0.2) is 62.8 Å². The average Bonchev–Trinajstić information content (AvgIpc) is 3.44. The molecule has 0 radical (unpaired) electrons. The summed E-state index contributed by atoms with van der Waals surface area (Å²) in [5.41, 5.74) is 11.8. The van der Waals surface area contributed by atoms with Gasteiger partial charge in [0.05, 0.1) is 62.4 Å². The highest BCUT2D eigenvalue weighted by Crippen LogP contribution is 2.63. The zero-order valence-electron chi connectivity index (χ0n) is 15.2. The van der Waals surface area contributed by atoms with E-state index in [4.69, 9.17) is 30.4 Å². The van der Waals surface area contributed by atoms with Crippen LogP contribution in [0, 0.1) is 16.7 Å². The summed E-state index contributed by atoms with van der Waals surface area (Å²) in [5, 5.41) is 0. The van der Waals surface area contributed by atoms with Crippen molar-refractivity contribution in [2.45, 2.75) is 69.1 Å². The van der Waals surface area contributed by atoms with Crippen LogP contribution >= 0.6 is 0 Å². The lowest BCUT2D eigenvalue weighted by atomic mass is 9.45. The molecular formula is C19H30N2O5. The minimum absolute atomic E-state index is 0.101. The predicted molar refractivity (Wildman–Crippen MR) is 92.2 cm³/mol. The first kappa shape index (κ1) is 17.5. The number of hydrogen-bond acceptors (Lipinski definition) is 7. The first-order valence-corrected chi connectivity index (χ1v) is 10.0. The first-order valence-electron chi connectivity index (χ1n) is 10.0. The second-order valence-corrected chi connectivity index (χ2v) is 8.98. The first-order chi connectivity index (χ1) is 12.5. The minimum atomic E-state index is -0.760. The Balaban J connectivity index is 1.58. The molecule has 4 aliphatic heterocycles. The zero-order chi connectivity index (χ0) is 17.9. The second-order valence-electron chi connectivity index (χ2n) is 8.98. The Morgan fingerprint density at radius 1 is 0.885 bits per heavy atom. The van der Waals surface area contributed by atoms with Crippen molar-refractivity contribution in [3.8, 4) is 0 Å². The largest absolute Gasteiger partial charge is 0.373 e. The molecule has 1 aliphatic carbocycles. The monoisotopic (exact) mass is 366 g/mol. The van der Waals surface area contributed by atoms with Crippen LogP contribution < -0.4 is 11.5 Å². The van der Waals surface area contributed by atoms with Gasteiger partial charge < -0.3 is 30.4 Å². The van der Waals surface area contributed by atoms with Gasteiger partial charge in [0.2, 0.25) is 0 Å². The van der Waals surface area contributed by atoms with Gasteiger partial charge in [-0.1, -0.05) is 0 Å². The van der Waals surface area contributed by atoms with Gasteiger partial charge in [0, 0.05) is 6.42 Å². The normalized spacial score (nSPS) is 49.3. The van der Waals surface area contributed by atoms with Gasteiger partial charge in [0.25, 0.3) is 0 Å². The van der Waals surface area contributed by atoms with Crippen LogP contribution in [0.15, 0.2) is 0 Å². The number of Topliss-reactive ketones (excluding diaryl/α,β-unsaturated/α-hetero) is 1. The van der Waals surface area contributed by atoms with E-state index in [0.29, 0.717) is 31.5 Å². The van der Waals surface area contributed by atoms with Gasteiger partial charge in [-0.05, 0) is 43.4 Å². The van der Waals surface area contributed by atoms with Gasteiger partial charge in [-0.25, -0.2) is 0 Å². The van der Waals surface area contributed by atoms with Crippen LogP contribution in [0.5, 0.6) is 0 Å². The number of carbonyl (C=O) groups excluding carboxylic acids is 1. The molecule has 6 unspecified atom stereocenters. The third kappa shape index (κ3) is 3.02. The van der Waals surface area contributed by atoms with Gasteiger partial charge in [-0.2, -0.15) is 0 Å². The lowest BCUT2D eigenvalue weighted by Gasteiger charge is -2.58. The van der Waals surface area contributed by atoms with Gasteiger partial charge in [-0.15, -0.1) is 0 Å². The van der Waals surface area contributed by atoms with Crippen LogP contribution in [-0.2, 0) is 23.7 Å². The number of nitrogens with two attached hydrogens (primary N) is 2. The van der Waals surface area contributed by atoms with Gasteiger partial charge in [-0.3, -0.25) is 4.79 Å². The van der Waals surface area contributed by atoms with E-state index in [1.807, 2.05) is 0 Å². The Labute approximate surface area is 154 Å². The van der Waals surface area contributed by atoms with Crippen molar-refractivity contribution >= 4 is 5.78 Å². The number of hydrogen-bond donors (Lipinski definition) is 2. The number of carbonyl (C=O) groups is 1. The minimum Gasteiger partial charge on any atom is -0.373 e. The van der Waals surface area contributed by atoms with E-state index in [1.54, 1.807) is 0 Å². The summed E-state index contributed by atoms with van der Waals surface area (Å²) in [5.74, 6) is 0.576. The second kappa shape index (κ2) is 6.22. The third-order valence-electron chi connectivity index (χ3n) is 7.35. The molecule has 6 atom stereocenters. The average molecular weight is 366 g/mol. The maximum Gasteiger partial charge on any atom is 0.142 e. The molecule has 5 aliphatic rings. The van der Waals surface area contributed by atoms with Crippen LogP contribution in [0.1, 0.15) is 38.5 Å². The van der Waals surface area contributed by atoms with E-state index in [1.165, 1.54) is 0 Å². The molecule has 0 aromatic carbocycles. The Bertz CT molecular complexity index is 554. The molecule has 4 N–H and O–H groups in total. The summed E-state index contributed by atoms with van der Waals surface area (Å²) in [6.45, 7) is 3.07. The van der Waals surface area contributed by atoms with E-state index in [0.717, 1.165) is 45.5 Å². The summed E-state index contributed by atoms with van der Waals surface area (Å²) in [6.07, 6.45) is 4.87. The molecule has 1 saturated carbocycles. The topological polar surface area (TPSA) is 119 Å². The highest BCUT2D eigenvalue weighted by molar-refractivity contribution is 5.87. The van der Waals surface area contributed by atoms with Crippen molar-refractivity contribution in [1.82, 2.24) is 0 Å². The van der Waals surface area contributed by atoms with Crippen molar-refractivity contribution in [1.29, 1.82) is 0 Å². The number of ether oxygens (including phenoxy) is 4. The van der Waals surface area contributed by atoms with Crippen molar-refractivity contribution in [3.63, 3.8) is 0 Å². The standard InChI is InChI=1S/C19H30N2O5/c20-17(21)19(6-15-10-26-15)16(22)2-1-11(3-12-7-23-12)18(19,4-13-8-24-13)5-14-9-25-14/h11-15,17H,1-10,20-21H2. The van der Waals surface area contributed by atoms with Crippen LogP contribution in [0.4, 0.5) is 0 Å². The molecule has 0 spiro atoms. The maximum absolute atomic E-state index is 13.5. The number of ketones is 1. The Hall–Kier alpha value is -0.570. The fourth-order valence-corrected chi connectivity index (χ4v) is 5.79. The molecule has 0 aromatic heterocycles. The quantitative estimate of drug-likeness (QED) is 0.446. The van der Waals surface area contributed by atoms with E-state index in [2.05, 4.69) is 0 Å². The molecule has 26 heavy (non-hydrogen) atoms. The fourth-order valence-electron chi connectivity index (χ4n) is 5.79. The summed E-state index contributed by atoms with van der Waals surface area (Å²) in [6, 6.07) is 0. The number of epoxide rings is 4. The summed E-state index contributed by atoms with van der Waals surface area (Å²) >= 11 is 0. The molecule has 4 saturated heterocycles. The molecule has 7 heteroatoms. The van der Waals surface area contributed by atoms with E-state index in [9.17, 15) is 4.79 Å². The van der Waals surface area contributed by atoms with Crippen molar-refractivity contribution < 1.29 is 23.7 Å². The molecule has 0 amide bonds. The summed E-state index contributed by atoms with van der Waals surface area (Å²) in [7, 11) is 0. The van der Waals surface area contributed by atoms with Crippen LogP contribution in [0.25, 0.3) is 0 Å². The molecule has 0 aromatic rings. The van der Waals surface area contributed by atoms with Crippen LogP contribution in [0.3, 0.4) is 0 Å². The lowest BCUT2D eigenvalue weighted by Crippen LogP contribution is -2.67. The van der Waals surface area contributed by atoms with Crippen molar-refractivity contribution in [3.05, 3.63) is 0 Å². The van der Waals surface area contributed by atoms with E-state index in [-0.39, 0.29) is 29.5 Å². The van der Waals surface area contributed by atoms with E-state index < -0.39 is 11.6 Å².